The van der Waals surface area contributed by atoms with E-state index in [0.29, 0.717) is 23.5 Å². The summed E-state index contributed by atoms with van der Waals surface area (Å²) in [7, 11) is 3.06. The van der Waals surface area contributed by atoms with Gasteiger partial charge < -0.3 is 29.3 Å². The second kappa shape index (κ2) is 11.2. The van der Waals surface area contributed by atoms with Crippen LogP contribution in [-0.2, 0) is 16.0 Å². The Labute approximate surface area is 219 Å². The van der Waals surface area contributed by atoms with E-state index in [4.69, 9.17) is 14.2 Å². The number of hydrogen-bond acceptors (Lipinski definition) is 7. The lowest BCUT2D eigenvalue weighted by molar-refractivity contribution is -0.139. The molecule has 8 nitrogen and oxygen atoms in total. The van der Waals surface area contributed by atoms with Gasteiger partial charge in [0, 0.05) is 12.1 Å². The number of phenols is 1. The van der Waals surface area contributed by atoms with Gasteiger partial charge in [-0.3, -0.25) is 9.59 Å². The van der Waals surface area contributed by atoms with Gasteiger partial charge in [0.05, 0.1) is 32.4 Å². The number of ketones is 1. The molecule has 0 aliphatic carbocycles. The lowest BCUT2D eigenvalue weighted by atomic mass is 9.94. The number of benzene rings is 3. The Bertz CT molecular complexity index is 1380. The molecule has 0 aromatic heterocycles. The number of hydrogen-bond donors (Lipinski definition) is 2. The molecule has 1 aliphatic heterocycles. The van der Waals surface area contributed by atoms with E-state index in [1.165, 1.54) is 43.4 Å². The molecular weight excluding hydrogens is 493 g/mol. The van der Waals surface area contributed by atoms with Crippen LogP contribution in [0.25, 0.3) is 5.76 Å². The third-order valence-electron chi connectivity index (χ3n) is 6.35. The van der Waals surface area contributed by atoms with Crippen molar-refractivity contribution in [2.24, 2.45) is 0 Å². The van der Waals surface area contributed by atoms with Crippen LogP contribution >= 0.6 is 0 Å². The first kappa shape index (κ1) is 26.5. The first-order chi connectivity index (χ1) is 18.3. The lowest BCUT2D eigenvalue weighted by Gasteiger charge is -2.26. The standard InChI is InChI=1S/C29H28FNO7/c1-4-38-23-16-19(8-11-21(23)32)26-25(27(33)18-6-9-20(30)10-7-18)28(34)29(35)31(26)14-13-17-5-12-22(36-2)24(15-17)37-3/h5-12,15-16,26,32-33H,4,13-14H2,1-3H3/t26-/m0/s1. The molecule has 1 atom stereocenters. The zero-order valence-corrected chi connectivity index (χ0v) is 21.2. The highest BCUT2D eigenvalue weighted by atomic mass is 19.1. The third kappa shape index (κ3) is 5.13. The number of carbonyl (C=O) groups is 2. The van der Waals surface area contributed by atoms with Crippen molar-refractivity contribution >= 4 is 17.4 Å². The molecule has 4 rings (SSSR count). The van der Waals surface area contributed by atoms with Gasteiger partial charge in [0.15, 0.2) is 23.0 Å². The van der Waals surface area contributed by atoms with E-state index in [9.17, 15) is 24.2 Å². The first-order valence-corrected chi connectivity index (χ1v) is 12.0. The SMILES string of the molecule is CCOc1cc([C@H]2C(=C(O)c3ccc(F)cc3)C(=O)C(=O)N2CCc2ccc(OC)c(OC)c2)ccc1O. The fourth-order valence-electron chi connectivity index (χ4n) is 4.48. The lowest BCUT2D eigenvalue weighted by Crippen LogP contribution is -2.31. The van der Waals surface area contributed by atoms with Gasteiger partial charge in [-0.25, -0.2) is 4.39 Å². The smallest absolute Gasteiger partial charge is 0.295 e. The number of nitrogens with zero attached hydrogens (tertiary/aromatic N) is 1. The molecular formula is C29H28FNO7. The summed E-state index contributed by atoms with van der Waals surface area (Å²) < 4.78 is 29.7. The maximum Gasteiger partial charge on any atom is 0.295 e. The summed E-state index contributed by atoms with van der Waals surface area (Å²) >= 11 is 0. The molecule has 1 heterocycles. The van der Waals surface area contributed by atoms with Gasteiger partial charge in [-0.05, 0) is 73.0 Å². The van der Waals surface area contributed by atoms with Crippen LogP contribution in [0, 0.1) is 5.82 Å². The van der Waals surface area contributed by atoms with Crippen LogP contribution in [-0.4, -0.2) is 54.2 Å². The van der Waals surface area contributed by atoms with Crippen LogP contribution in [0.1, 0.15) is 29.7 Å². The summed E-state index contributed by atoms with van der Waals surface area (Å²) in [5, 5.41) is 21.3. The van der Waals surface area contributed by atoms with Crippen LogP contribution in [0.5, 0.6) is 23.0 Å². The number of methoxy groups -OCH3 is 2. The number of aliphatic hydroxyl groups excluding tert-OH is 1. The molecule has 0 unspecified atom stereocenters. The highest BCUT2D eigenvalue weighted by Crippen LogP contribution is 2.42. The van der Waals surface area contributed by atoms with Crippen molar-refractivity contribution < 1.29 is 38.4 Å². The van der Waals surface area contributed by atoms with Crippen molar-refractivity contribution in [3.8, 4) is 23.0 Å². The number of halogens is 1. The Balaban J connectivity index is 1.78. The Hall–Kier alpha value is -4.53. The van der Waals surface area contributed by atoms with Crippen molar-refractivity contribution in [2.45, 2.75) is 19.4 Å². The molecule has 0 spiro atoms. The van der Waals surface area contributed by atoms with Crippen molar-refractivity contribution in [3.63, 3.8) is 0 Å². The number of ether oxygens (including phenoxy) is 3. The molecule has 1 saturated heterocycles. The van der Waals surface area contributed by atoms with Crippen molar-refractivity contribution in [3.05, 3.63) is 88.7 Å². The minimum Gasteiger partial charge on any atom is -0.507 e. The monoisotopic (exact) mass is 521 g/mol. The summed E-state index contributed by atoms with van der Waals surface area (Å²) in [4.78, 5) is 27.9. The van der Waals surface area contributed by atoms with Crippen LogP contribution in [0.4, 0.5) is 4.39 Å². The Kier molecular flexibility index (Phi) is 7.85. The van der Waals surface area contributed by atoms with E-state index in [0.717, 1.165) is 17.7 Å². The van der Waals surface area contributed by atoms with Crippen molar-refractivity contribution in [1.29, 1.82) is 0 Å². The number of Topliss-reactive ketones (excluding diaryl/α,β-unsaturated/α-hetero) is 1. The third-order valence-corrected chi connectivity index (χ3v) is 6.35. The Morgan fingerprint density at radius 2 is 1.66 bits per heavy atom. The molecule has 198 valence electrons. The van der Waals surface area contributed by atoms with Crippen molar-refractivity contribution in [1.82, 2.24) is 4.90 Å². The zero-order valence-electron chi connectivity index (χ0n) is 21.2. The predicted molar refractivity (Wildman–Crippen MR) is 138 cm³/mol. The number of rotatable bonds is 9. The number of aromatic hydroxyl groups is 1. The van der Waals surface area contributed by atoms with Gasteiger partial charge in [-0.2, -0.15) is 0 Å². The highest BCUT2D eigenvalue weighted by molar-refractivity contribution is 6.46. The van der Waals surface area contributed by atoms with Crippen LogP contribution in [0.15, 0.2) is 66.2 Å². The molecule has 1 fully saturated rings. The second-order valence-electron chi connectivity index (χ2n) is 8.60. The number of aliphatic hydroxyl groups is 1. The molecule has 0 bridgehead atoms. The minimum atomic E-state index is -0.972. The topological polar surface area (TPSA) is 106 Å². The van der Waals surface area contributed by atoms with E-state index in [-0.39, 0.29) is 35.8 Å². The quantitative estimate of drug-likeness (QED) is 0.241. The van der Waals surface area contributed by atoms with Gasteiger partial charge >= 0.3 is 0 Å². The second-order valence-corrected chi connectivity index (χ2v) is 8.60. The Morgan fingerprint density at radius 1 is 0.947 bits per heavy atom. The fourth-order valence-corrected chi connectivity index (χ4v) is 4.48. The summed E-state index contributed by atoms with van der Waals surface area (Å²) in [5.41, 5.74) is 1.35. The Morgan fingerprint density at radius 3 is 2.32 bits per heavy atom. The average Bonchev–Trinajstić information content (AvgIpc) is 3.18. The van der Waals surface area contributed by atoms with E-state index in [2.05, 4.69) is 0 Å². The van der Waals surface area contributed by atoms with Crippen molar-refractivity contribution in [2.75, 3.05) is 27.4 Å². The average molecular weight is 522 g/mol. The van der Waals surface area contributed by atoms with Gasteiger partial charge in [-0.15, -0.1) is 0 Å². The molecule has 2 N–H and O–H groups in total. The predicted octanol–water partition coefficient (Wildman–Crippen LogP) is 4.61. The van der Waals surface area contributed by atoms with Gasteiger partial charge in [0.1, 0.15) is 11.6 Å². The maximum atomic E-state index is 13.5. The summed E-state index contributed by atoms with van der Waals surface area (Å²) in [5.74, 6) is -1.42. The normalized spacial score (nSPS) is 16.5. The van der Waals surface area contributed by atoms with Crippen LogP contribution < -0.4 is 14.2 Å². The maximum absolute atomic E-state index is 13.5. The number of amides is 1. The molecule has 9 heteroatoms. The first-order valence-electron chi connectivity index (χ1n) is 12.0. The molecule has 3 aromatic rings. The summed E-state index contributed by atoms with van der Waals surface area (Å²) in [6, 6.07) is 13.9. The van der Waals surface area contributed by atoms with Crippen LogP contribution in [0.3, 0.4) is 0 Å². The molecule has 1 aliphatic rings. The molecule has 3 aromatic carbocycles. The minimum absolute atomic E-state index is 0.101. The van der Waals surface area contributed by atoms with Gasteiger partial charge in [0.25, 0.3) is 11.7 Å². The van der Waals surface area contributed by atoms with E-state index < -0.39 is 29.3 Å². The van der Waals surface area contributed by atoms with Crippen LogP contribution in [0.2, 0.25) is 0 Å². The molecule has 0 saturated carbocycles. The number of carbonyl (C=O) groups excluding carboxylic acids is 2. The zero-order chi connectivity index (χ0) is 27.4. The van der Waals surface area contributed by atoms with Gasteiger partial charge in [-0.1, -0.05) is 12.1 Å². The largest absolute Gasteiger partial charge is 0.507 e. The molecule has 0 radical (unpaired) electrons. The summed E-state index contributed by atoms with van der Waals surface area (Å²) in [6.45, 7) is 2.18. The molecule has 1 amide bonds. The van der Waals surface area contributed by atoms with Gasteiger partial charge in [0.2, 0.25) is 0 Å². The highest BCUT2D eigenvalue weighted by Gasteiger charge is 2.46. The molecule has 38 heavy (non-hydrogen) atoms. The number of likely N-dealkylation sites (tertiary alicyclic amines) is 1. The van der Waals surface area contributed by atoms with E-state index in [1.807, 2.05) is 6.07 Å². The number of phenolic OH excluding ortho intramolecular Hbond substituents is 1. The van der Waals surface area contributed by atoms with E-state index in [1.54, 1.807) is 25.1 Å². The summed E-state index contributed by atoms with van der Waals surface area (Å²) in [6.07, 6.45) is 0.372. The van der Waals surface area contributed by atoms with E-state index >= 15 is 0 Å². The fraction of sp³-hybridized carbons (Fsp3) is 0.241.